The molecule has 0 saturated heterocycles. The van der Waals surface area contributed by atoms with Crippen molar-refractivity contribution in [3.8, 4) is 0 Å². The molecule has 3 heteroatoms. The van der Waals surface area contributed by atoms with Gasteiger partial charge in [-0.05, 0) is 59.4 Å². The molecule has 1 rings (SSSR count). The number of aryl methyl sites for hydroxylation is 1. The quantitative estimate of drug-likeness (QED) is 0.236. The second-order valence-electron chi connectivity index (χ2n) is 7.35. The van der Waals surface area contributed by atoms with Crippen LogP contribution >= 0.6 is 22.6 Å². The van der Waals surface area contributed by atoms with Crippen LogP contribution in [0.1, 0.15) is 51.2 Å². The van der Waals surface area contributed by atoms with Gasteiger partial charge in [-0.15, -0.1) is 0 Å². The molecule has 0 atom stereocenters. The summed E-state index contributed by atoms with van der Waals surface area (Å²) in [6, 6.07) is 9.12. The zero-order chi connectivity index (χ0) is 16.6. The predicted octanol–water partition coefficient (Wildman–Crippen LogP) is 6.40. The van der Waals surface area contributed by atoms with Crippen molar-refractivity contribution in [1.82, 2.24) is 0 Å². The summed E-state index contributed by atoms with van der Waals surface area (Å²) >= 11 is 2.45. The molecule has 1 nitrogen and oxygen atoms in total. The fraction of sp³-hybridized carbons (Fsp3) is 0.684. The Morgan fingerprint density at radius 2 is 1.59 bits per heavy atom. The van der Waals surface area contributed by atoms with Gasteiger partial charge in [0.1, 0.15) is 0 Å². The van der Waals surface area contributed by atoms with Crippen molar-refractivity contribution in [3.63, 3.8) is 0 Å². The van der Waals surface area contributed by atoms with Crippen molar-refractivity contribution in [3.05, 3.63) is 35.4 Å². The first kappa shape index (κ1) is 20.2. The molecular formula is C19H33IOSi. The Kier molecular flexibility index (Phi) is 8.65. The summed E-state index contributed by atoms with van der Waals surface area (Å²) in [4.78, 5) is 0. The van der Waals surface area contributed by atoms with Crippen LogP contribution in [0, 0.1) is 0 Å². The summed E-state index contributed by atoms with van der Waals surface area (Å²) in [5.74, 6) is 0. The molecular weight excluding hydrogens is 399 g/mol. The first-order chi connectivity index (χ1) is 10.3. The first-order valence-corrected chi connectivity index (χ1v) is 13.0. The third kappa shape index (κ3) is 6.32. The van der Waals surface area contributed by atoms with E-state index in [1.807, 2.05) is 0 Å². The van der Waals surface area contributed by atoms with Crippen molar-refractivity contribution in [2.75, 3.05) is 11.0 Å². The van der Waals surface area contributed by atoms with Gasteiger partial charge >= 0.3 is 0 Å². The van der Waals surface area contributed by atoms with Crippen LogP contribution in [0.2, 0.25) is 18.1 Å². The van der Waals surface area contributed by atoms with E-state index in [2.05, 4.69) is 80.7 Å². The van der Waals surface area contributed by atoms with Gasteiger partial charge < -0.3 is 4.43 Å². The van der Waals surface area contributed by atoms with Crippen molar-refractivity contribution in [2.45, 2.75) is 71.0 Å². The number of alkyl halides is 1. The van der Waals surface area contributed by atoms with Gasteiger partial charge in [0.15, 0.2) is 8.32 Å². The SMILES string of the molecule is CCCC(C)(C)[Si](C)(C)OCCc1ccc(CCCI)cc1. The Morgan fingerprint density at radius 1 is 1.05 bits per heavy atom. The van der Waals surface area contributed by atoms with Gasteiger partial charge in [-0.2, -0.15) is 0 Å². The molecule has 0 bridgehead atoms. The third-order valence-electron chi connectivity index (χ3n) is 4.98. The second kappa shape index (κ2) is 9.43. The zero-order valence-corrected chi connectivity index (χ0v) is 18.2. The Balaban J connectivity index is 2.46. The zero-order valence-electron chi connectivity index (χ0n) is 15.0. The summed E-state index contributed by atoms with van der Waals surface area (Å²) in [6.07, 6.45) is 6.01. The maximum atomic E-state index is 6.38. The standard InChI is InChI=1S/C19H33IOSi/c1-6-14-19(2,3)22(4,5)21-16-13-18-11-9-17(10-12-18)8-7-15-20/h9-12H,6-8,13-16H2,1-5H3. The molecule has 0 unspecified atom stereocenters. The second-order valence-corrected chi connectivity index (χ2v) is 13.1. The van der Waals surface area contributed by atoms with E-state index < -0.39 is 8.32 Å². The number of hydrogen-bond donors (Lipinski definition) is 0. The lowest BCUT2D eigenvalue weighted by Gasteiger charge is -2.39. The van der Waals surface area contributed by atoms with E-state index in [-0.39, 0.29) is 0 Å². The van der Waals surface area contributed by atoms with Gasteiger partial charge in [0.2, 0.25) is 0 Å². The van der Waals surface area contributed by atoms with Crippen LogP contribution < -0.4 is 0 Å². The van der Waals surface area contributed by atoms with Gasteiger partial charge in [-0.3, -0.25) is 0 Å². The predicted molar refractivity (Wildman–Crippen MR) is 110 cm³/mol. The van der Waals surface area contributed by atoms with Crippen LogP contribution in [0.25, 0.3) is 0 Å². The Hall–Kier alpha value is 0.127. The summed E-state index contributed by atoms with van der Waals surface area (Å²) in [5.41, 5.74) is 2.86. The van der Waals surface area contributed by atoms with Gasteiger partial charge in [0, 0.05) is 6.61 Å². The summed E-state index contributed by atoms with van der Waals surface area (Å²) < 4.78 is 7.62. The number of benzene rings is 1. The molecule has 0 N–H and O–H groups in total. The fourth-order valence-corrected chi connectivity index (χ4v) is 4.93. The Morgan fingerprint density at radius 3 is 2.09 bits per heavy atom. The van der Waals surface area contributed by atoms with Crippen LogP contribution in [0.3, 0.4) is 0 Å². The lowest BCUT2D eigenvalue weighted by Crippen LogP contribution is -2.42. The van der Waals surface area contributed by atoms with Crippen LogP contribution in [0.15, 0.2) is 24.3 Å². The van der Waals surface area contributed by atoms with Crippen LogP contribution in [-0.2, 0) is 17.3 Å². The normalized spacial score (nSPS) is 12.6. The van der Waals surface area contributed by atoms with E-state index in [0.717, 1.165) is 13.0 Å². The molecule has 1 aromatic rings. The van der Waals surface area contributed by atoms with Gasteiger partial charge in [-0.25, -0.2) is 0 Å². The average Bonchev–Trinajstić information content (AvgIpc) is 2.46. The largest absolute Gasteiger partial charge is 0.416 e. The smallest absolute Gasteiger partial charge is 0.192 e. The number of rotatable bonds is 10. The lowest BCUT2D eigenvalue weighted by molar-refractivity contribution is 0.284. The highest BCUT2D eigenvalue weighted by Gasteiger charge is 2.39. The molecule has 0 spiro atoms. The van der Waals surface area contributed by atoms with Gasteiger partial charge in [0.25, 0.3) is 0 Å². The minimum atomic E-state index is -1.64. The first-order valence-electron chi connectivity index (χ1n) is 8.60. The maximum absolute atomic E-state index is 6.38. The molecule has 0 aromatic heterocycles. The number of halogens is 1. The Bertz CT molecular complexity index is 426. The lowest BCUT2D eigenvalue weighted by atomic mass is 10.1. The van der Waals surface area contributed by atoms with Crippen LogP contribution in [0.5, 0.6) is 0 Å². The molecule has 0 amide bonds. The molecule has 126 valence electrons. The summed E-state index contributed by atoms with van der Waals surface area (Å²) in [7, 11) is -1.64. The molecule has 0 radical (unpaired) electrons. The maximum Gasteiger partial charge on any atom is 0.192 e. The van der Waals surface area contributed by atoms with Gasteiger partial charge in [0.05, 0.1) is 0 Å². The molecule has 0 aliphatic heterocycles. The fourth-order valence-electron chi connectivity index (χ4n) is 2.69. The molecule has 0 fully saturated rings. The summed E-state index contributed by atoms with van der Waals surface area (Å²) in [5, 5.41) is 0.352. The van der Waals surface area contributed by atoms with Crippen molar-refractivity contribution >= 4 is 30.9 Å². The molecule has 0 heterocycles. The highest BCUT2D eigenvalue weighted by Crippen LogP contribution is 2.41. The van der Waals surface area contributed by atoms with Crippen molar-refractivity contribution in [2.24, 2.45) is 0 Å². The summed E-state index contributed by atoms with van der Waals surface area (Å²) in [6.45, 7) is 12.6. The topological polar surface area (TPSA) is 9.23 Å². The van der Waals surface area contributed by atoms with Crippen molar-refractivity contribution in [1.29, 1.82) is 0 Å². The molecule has 0 aliphatic rings. The minimum Gasteiger partial charge on any atom is -0.416 e. The van der Waals surface area contributed by atoms with Gasteiger partial charge in [-0.1, -0.05) is 74.0 Å². The van der Waals surface area contributed by atoms with Crippen molar-refractivity contribution < 1.29 is 4.43 Å². The highest BCUT2D eigenvalue weighted by atomic mass is 127. The molecule has 0 saturated carbocycles. The number of hydrogen-bond acceptors (Lipinski definition) is 1. The average molecular weight is 432 g/mol. The van der Waals surface area contributed by atoms with Crippen LogP contribution in [0.4, 0.5) is 0 Å². The molecule has 22 heavy (non-hydrogen) atoms. The van der Waals surface area contributed by atoms with E-state index in [1.165, 1.54) is 41.2 Å². The molecule has 1 aromatic carbocycles. The van der Waals surface area contributed by atoms with E-state index in [1.54, 1.807) is 0 Å². The van der Waals surface area contributed by atoms with E-state index in [4.69, 9.17) is 4.43 Å². The highest BCUT2D eigenvalue weighted by molar-refractivity contribution is 14.1. The van der Waals surface area contributed by atoms with E-state index >= 15 is 0 Å². The van der Waals surface area contributed by atoms with E-state index in [0.29, 0.717) is 5.04 Å². The Labute approximate surface area is 152 Å². The monoisotopic (exact) mass is 432 g/mol. The van der Waals surface area contributed by atoms with Crippen LogP contribution in [-0.4, -0.2) is 19.4 Å². The third-order valence-corrected chi connectivity index (χ3v) is 10.2. The molecule has 0 aliphatic carbocycles. The van der Waals surface area contributed by atoms with E-state index in [9.17, 15) is 0 Å². The minimum absolute atomic E-state index is 0.352.